The molecule has 0 heterocycles. The van der Waals surface area contributed by atoms with Crippen LogP contribution in [0.1, 0.15) is 13.3 Å². The molecule has 0 aliphatic heterocycles. The molecule has 0 amide bonds. The van der Waals surface area contributed by atoms with E-state index in [-0.39, 0.29) is 4.66 Å². The first-order valence-corrected chi connectivity index (χ1v) is 8.12. The van der Waals surface area contributed by atoms with E-state index >= 15 is 0 Å². The first-order chi connectivity index (χ1) is 7.98. The van der Waals surface area contributed by atoms with Gasteiger partial charge < -0.3 is 4.74 Å². The van der Waals surface area contributed by atoms with Crippen LogP contribution in [0.25, 0.3) is 0 Å². The highest BCUT2D eigenvalue weighted by Gasteiger charge is 2.09. The minimum absolute atomic E-state index is 0.161. The third-order valence-electron chi connectivity index (χ3n) is 1.81. The lowest BCUT2D eigenvalue weighted by Crippen LogP contribution is -2.13. The summed E-state index contributed by atoms with van der Waals surface area (Å²) in [5, 5.41) is 0.383. The van der Waals surface area contributed by atoms with Gasteiger partial charge in [-0.3, -0.25) is 4.72 Å². The number of hydrogen-bond acceptors (Lipinski definition) is 3. The van der Waals surface area contributed by atoms with E-state index in [2.05, 4.69) is 20.7 Å². The topological polar surface area (TPSA) is 55.4 Å². The van der Waals surface area contributed by atoms with Gasteiger partial charge in [-0.15, -0.1) is 0 Å². The van der Waals surface area contributed by atoms with Crippen LogP contribution < -0.4 is 9.46 Å². The van der Waals surface area contributed by atoms with E-state index in [0.29, 0.717) is 23.1 Å². The molecule has 1 N–H and O–H groups in total. The van der Waals surface area contributed by atoms with Gasteiger partial charge in [-0.1, -0.05) is 34.5 Å². The third kappa shape index (κ3) is 4.73. The van der Waals surface area contributed by atoms with Crippen LogP contribution in [0.2, 0.25) is 5.02 Å². The Morgan fingerprint density at radius 1 is 1.47 bits per heavy atom. The number of sulfonamides is 1. The van der Waals surface area contributed by atoms with E-state index in [1.165, 1.54) is 6.07 Å². The maximum Gasteiger partial charge on any atom is 0.242 e. The molecule has 1 aromatic carbocycles. The van der Waals surface area contributed by atoms with Gasteiger partial charge in [0.1, 0.15) is 10.4 Å². The molecule has 7 heteroatoms. The summed E-state index contributed by atoms with van der Waals surface area (Å²) in [5.41, 5.74) is 0.415. The average Bonchev–Trinajstić information content (AvgIpc) is 2.27. The SMILES string of the molecule is CCCOc1ccc(NS(=O)(=O)CBr)cc1Cl. The first-order valence-electron chi connectivity index (χ1n) is 4.97. The van der Waals surface area contributed by atoms with E-state index in [1.807, 2.05) is 6.92 Å². The summed E-state index contributed by atoms with van der Waals surface area (Å²) < 4.78 is 30.2. The summed E-state index contributed by atoms with van der Waals surface area (Å²) >= 11 is 8.85. The Kier molecular flexibility index (Phi) is 5.55. The Hall–Kier alpha value is -0.460. The number of anilines is 1. The Balaban J connectivity index is 2.82. The lowest BCUT2D eigenvalue weighted by Gasteiger charge is -2.09. The Morgan fingerprint density at radius 2 is 2.18 bits per heavy atom. The number of ether oxygens (including phenoxy) is 1. The fraction of sp³-hybridized carbons (Fsp3) is 0.400. The van der Waals surface area contributed by atoms with Crippen molar-refractivity contribution < 1.29 is 13.2 Å². The van der Waals surface area contributed by atoms with E-state index < -0.39 is 10.0 Å². The molecule has 0 saturated carbocycles. The van der Waals surface area contributed by atoms with Crippen LogP contribution >= 0.6 is 27.5 Å². The first kappa shape index (κ1) is 14.6. The average molecular weight is 343 g/mol. The second-order valence-electron chi connectivity index (χ2n) is 3.32. The predicted octanol–water partition coefficient (Wildman–Crippen LogP) is 3.22. The molecule has 0 radical (unpaired) electrons. The fourth-order valence-corrected chi connectivity index (χ4v) is 2.22. The maximum atomic E-state index is 11.3. The molecule has 0 atom stereocenters. The van der Waals surface area contributed by atoms with Crippen LogP contribution in [0.4, 0.5) is 5.69 Å². The molecule has 0 aliphatic carbocycles. The summed E-state index contributed by atoms with van der Waals surface area (Å²) in [6.07, 6.45) is 0.883. The molecular formula is C10H13BrClNO3S. The van der Waals surface area contributed by atoms with Crippen LogP contribution in [0.3, 0.4) is 0 Å². The molecule has 0 aromatic heterocycles. The third-order valence-corrected chi connectivity index (χ3v) is 4.75. The molecular weight excluding hydrogens is 330 g/mol. The molecule has 4 nitrogen and oxygen atoms in total. The maximum absolute atomic E-state index is 11.3. The number of benzene rings is 1. The van der Waals surface area contributed by atoms with Crippen molar-refractivity contribution in [3.63, 3.8) is 0 Å². The van der Waals surface area contributed by atoms with Crippen molar-refractivity contribution in [2.45, 2.75) is 13.3 Å². The molecule has 0 aliphatic rings. The lowest BCUT2D eigenvalue weighted by molar-refractivity contribution is 0.317. The summed E-state index contributed by atoms with van der Waals surface area (Å²) in [5.74, 6) is 0.551. The molecule has 0 fully saturated rings. The summed E-state index contributed by atoms with van der Waals surface area (Å²) in [6.45, 7) is 2.57. The minimum atomic E-state index is -3.35. The Labute approximate surface area is 114 Å². The van der Waals surface area contributed by atoms with Gasteiger partial charge in [-0.05, 0) is 24.6 Å². The normalized spacial score (nSPS) is 11.2. The molecule has 0 unspecified atom stereocenters. The molecule has 1 aromatic rings. The summed E-state index contributed by atoms with van der Waals surface area (Å²) in [6, 6.07) is 4.77. The molecule has 0 spiro atoms. The second kappa shape index (κ2) is 6.47. The highest BCUT2D eigenvalue weighted by Crippen LogP contribution is 2.28. The van der Waals surface area contributed by atoms with E-state index in [1.54, 1.807) is 12.1 Å². The van der Waals surface area contributed by atoms with E-state index in [4.69, 9.17) is 16.3 Å². The van der Waals surface area contributed by atoms with Gasteiger partial charge in [-0.2, -0.15) is 0 Å². The van der Waals surface area contributed by atoms with Crippen molar-refractivity contribution in [2.75, 3.05) is 16.0 Å². The number of rotatable bonds is 6. The van der Waals surface area contributed by atoms with Gasteiger partial charge in [0, 0.05) is 0 Å². The number of alkyl halides is 1. The number of nitrogens with one attached hydrogen (secondary N) is 1. The van der Waals surface area contributed by atoms with Gasteiger partial charge >= 0.3 is 0 Å². The van der Waals surface area contributed by atoms with Crippen LogP contribution in [0.15, 0.2) is 18.2 Å². The quantitative estimate of drug-likeness (QED) is 0.808. The summed E-state index contributed by atoms with van der Waals surface area (Å²) in [4.78, 5) is 0. The van der Waals surface area contributed by atoms with Crippen molar-refractivity contribution in [3.05, 3.63) is 23.2 Å². The summed E-state index contributed by atoms with van der Waals surface area (Å²) in [7, 11) is -3.35. The highest BCUT2D eigenvalue weighted by molar-refractivity contribution is 9.10. The predicted molar refractivity (Wildman–Crippen MR) is 73.6 cm³/mol. The zero-order valence-electron chi connectivity index (χ0n) is 9.24. The molecule has 96 valence electrons. The van der Waals surface area contributed by atoms with Gasteiger partial charge in [-0.25, -0.2) is 8.42 Å². The van der Waals surface area contributed by atoms with E-state index in [9.17, 15) is 8.42 Å². The van der Waals surface area contributed by atoms with Crippen molar-refractivity contribution in [1.82, 2.24) is 0 Å². The van der Waals surface area contributed by atoms with Crippen molar-refractivity contribution >= 4 is 43.2 Å². The monoisotopic (exact) mass is 341 g/mol. The van der Waals surface area contributed by atoms with Crippen molar-refractivity contribution in [1.29, 1.82) is 0 Å². The zero-order chi connectivity index (χ0) is 12.9. The van der Waals surface area contributed by atoms with Gasteiger partial charge in [0.15, 0.2) is 0 Å². The van der Waals surface area contributed by atoms with Crippen LogP contribution in [-0.4, -0.2) is 19.7 Å². The van der Waals surface area contributed by atoms with E-state index in [0.717, 1.165) is 6.42 Å². The zero-order valence-corrected chi connectivity index (χ0v) is 12.4. The second-order valence-corrected chi connectivity index (χ2v) is 6.75. The van der Waals surface area contributed by atoms with Gasteiger partial charge in [0.05, 0.1) is 17.3 Å². The van der Waals surface area contributed by atoms with Crippen molar-refractivity contribution in [3.8, 4) is 5.75 Å². The molecule has 0 saturated heterocycles. The van der Waals surface area contributed by atoms with Crippen molar-refractivity contribution in [2.24, 2.45) is 0 Å². The van der Waals surface area contributed by atoms with Gasteiger partial charge in [0.2, 0.25) is 10.0 Å². The fourth-order valence-electron chi connectivity index (χ4n) is 1.10. The molecule has 1 rings (SSSR count). The van der Waals surface area contributed by atoms with Crippen LogP contribution in [0, 0.1) is 0 Å². The standard InChI is InChI=1S/C10H13BrClNO3S/c1-2-5-16-10-4-3-8(6-9(10)12)13-17(14,15)7-11/h3-4,6,13H,2,5,7H2,1H3. The smallest absolute Gasteiger partial charge is 0.242 e. The van der Waals surface area contributed by atoms with Crippen LogP contribution in [0.5, 0.6) is 5.75 Å². The number of hydrogen-bond donors (Lipinski definition) is 1. The largest absolute Gasteiger partial charge is 0.492 e. The number of halogens is 2. The van der Waals surface area contributed by atoms with Crippen LogP contribution in [-0.2, 0) is 10.0 Å². The lowest BCUT2D eigenvalue weighted by atomic mass is 10.3. The highest BCUT2D eigenvalue weighted by atomic mass is 79.9. The molecule has 0 bridgehead atoms. The Bertz CT molecular complexity index is 478. The molecule has 17 heavy (non-hydrogen) atoms. The Morgan fingerprint density at radius 3 is 2.71 bits per heavy atom. The van der Waals surface area contributed by atoms with Gasteiger partial charge in [0.25, 0.3) is 0 Å². The minimum Gasteiger partial charge on any atom is -0.492 e.